The first kappa shape index (κ1) is 12.4. The number of nitrogens with one attached hydrogen (secondary N) is 1. The quantitative estimate of drug-likeness (QED) is 0.852. The summed E-state index contributed by atoms with van der Waals surface area (Å²) in [6.45, 7) is 4.59. The molecule has 2 aromatic heterocycles. The summed E-state index contributed by atoms with van der Waals surface area (Å²) in [6.07, 6.45) is 2.75. The second-order valence-corrected chi connectivity index (χ2v) is 5.12. The van der Waals surface area contributed by atoms with Crippen molar-refractivity contribution in [2.24, 2.45) is 0 Å². The van der Waals surface area contributed by atoms with Gasteiger partial charge >= 0.3 is 0 Å². The van der Waals surface area contributed by atoms with Crippen LogP contribution >= 0.6 is 0 Å². The Kier molecular flexibility index (Phi) is 3.35. The first-order chi connectivity index (χ1) is 9.26. The Morgan fingerprint density at radius 1 is 1.53 bits per heavy atom. The number of aliphatic hydroxyl groups is 1. The molecule has 0 spiro atoms. The van der Waals surface area contributed by atoms with Gasteiger partial charge < -0.3 is 5.11 Å². The Hall–Kier alpha value is -1.66. The molecule has 0 saturated heterocycles. The molecule has 2 aromatic rings. The lowest BCUT2D eigenvalue weighted by Crippen LogP contribution is -2.36. The van der Waals surface area contributed by atoms with Crippen LogP contribution in [0.15, 0.2) is 18.3 Å². The van der Waals surface area contributed by atoms with Crippen molar-refractivity contribution in [1.29, 1.82) is 0 Å². The van der Waals surface area contributed by atoms with Crippen LogP contribution in [0.4, 0.5) is 0 Å². The molecule has 2 N–H and O–H groups in total. The molecule has 0 bridgehead atoms. The maximum Gasteiger partial charge on any atom is 0.0765 e. The van der Waals surface area contributed by atoms with Gasteiger partial charge in [-0.1, -0.05) is 0 Å². The number of aliphatic hydroxyl groups excluding tert-OH is 1. The lowest BCUT2D eigenvalue weighted by Gasteiger charge is -2.27. The van der Waals surface area contributed by atoms with Crippen molar-refractivity contribution in [2.45, 2.75) is 39.0 Å². The number of H-pyrrole nitrogens is 1. The van der Waals surface area contributed by atoms with E-state index in [9.17, 15) is 5.11 Å². The standard InChI is InChI=1S/C13H19N5O/c1-10-6-11(16-15-10)7-17-8-12-2-4-14-18(12)5-3-13(17)9-19/h2,4,6,13,19H,3,5,7-9H2,1H3,(H,15,16)/t13-/m0/s1. The van der Waals surface area contributed by atoms with Crippen LogP contribution in [-0.4, -0.2) is 42.6 Å². The summed E-state index contributed by atoms with van der Waals surface area (Å²) in [7, 11) is 0. The topological polar surface area (TPSA) is 70.0 Å². The number of hydrogen-bond acceptors (Lipinski definition) is 4. The largest absolute Gasteiger partial charge is 0.395 e. The van der Waals surface area contributed by atoms with Gasteiger partial charge in [0.05, 0.1) is 18.0 Å². The van der Waals surface area contributed by atoms with E-state index in [0.29, 0.717) is 0 Å². The first-order valence-electron chi connectivity index (χ1n) is 6.63. The van der Waals surface area contributed by atoms with E-state index in [1.54, 1.807) is 0 Å². The maximum atomic E-state index is 9.59. The summed E-state index contributed by atoms with van der Waals surface area (Å²) in [5, 5.41) is 21.2. The molecule has 1 atom stereocenters. The maximum absolute atomic E-state index is 9.59. The molecular formula is C13H19N5O. The molecule has 102 valence electrons. The molecule has 3 rings (SSSR count). The summed E-state index contributed by atoms with van der Waals surface area (Å²) < 4.78 is 2.03. The summed E-state index contributed by atoms with van der Waals surface area (Å²) in [5.41, 5.74) is 3.28. The molecule has 19 heavy (non-hydrogen) atoms. The lowest BCUT2D eigenvalue weighted by atomic mass is 10.2. The zero-order valence-corrected chi connectivity index (χ0v) is 11.1. The van der Waals surface area contributed by atoms with Crippen LogP contribution in [0.3, 0.4) is 0 Å². The van der Waals surface area contributed by atoms with Gasteiger partial charge in [-0.05, 0) is 25.5 Å². The van der Waals surface area contributed by atoms with Crippen molar-refractivity contribution in [1.82, 2.24) is 24.9 Å². The summed E-state index contributed by atoms with van der Waals surface area (Å²) in [6, 6.07) is 4.26. The summed E-state index contributed by atoms with van der Waals surface area (Å²) >= 11 is 0. The highest BCUT2D eigenvalue weighted by Crippen LogP contribution is 2.19. The Balaban J connectivity index is 1.80. The molecule has 0 fully saturated rings. The first-order valence-corrected chi connectivity index (χ1v) is 6.63. The Morgan fingerprint density at radius 2 is 2.42 bits per heavy atom. The molecule has 0 radical (unpaired) electrons. The van der Waals surface area contributed by atoms with Gasteiger partial charge in [-0.25, -0.2) is 0 Å². The van der Waals surface area contributed by atoms with Gasteiger partial charge in [-0.3, -0.25) is 14.7 Å². The average Bonchev–Trinajstić information content (AvgIpc) is 2.96. The van der Waals surface area contributed by atoms with Crippen molar-refractivity contribution in [3.8, 4) is 0 Å². The van der Waals surface area contributed by atoms with Crippen LogP contribution in [-0.2, 0) is 19.6 Å². The molecule has 1 aliphatic heterocycles. The van der Waals surface area contributed by atoms with E-state index in [1.165, 1.54) is 5.69 Å². The Labute approximate surface area is 112 Å². The molecule has 1 aliphatic rings. The zero-order chi connectivity index (χ0) is 13.2. The summed E-state index contributed by atoms with van der Waals surface area (Å²) in [4.78, 5) is 2.27. The molecule has 0 unspecified atom stereocenters. The minimum Gasteiger partial charge on any atom is -0.395 e. The highest BCUT2D eigenvalue weighted by atomic mass is 16.3. The van der Waals surface area contributed by atoms with Crippen LogP contribution < -0.4 is 0 Å². The number of aromatic nitrogens is 4. The Bertz CT molecular complexity index is 547. The monoisotopic (exact) mass is 261 g/mol. The number of aryl methyl sites for hydroxylation is 2. The summed E-state index contributed by atoms with van der Waals surface area (Å²) in [5.74, 6) is 0. The van der Waals surface area contributed by atoms with Crippen molar-refractivity contribution < 1.29 is 5.11 Å². The number of nitrogens with zero attached hydrogens (tertiary/aromatic N) is 4. The third-order valence-electron chi connectivity index (χ3n) is 3.69. The highest BCUT2D eigenvalue weighted by molar-refractivity contribution is 5.08. The molecule has 6 heteroatoms. The van der Waals surface area contributed by atoms with Crippen LogP contribution in [0.25, 0.3) is 0 Å². The molecule has 0 amide bonds. The van der Waals surface area contributed by atoms with Gasteiger partial charge in [0.15, 0.2) is 0 Å². The molecule has 0 aromatic carbocycles. The van der Waals surface area contributed by atoms with Gasteiger partial charge in [0.25, 0.3) is 0 Å². The second-order valence-electron chi connectivity index (χ2n) is 5.12. The molecule has 0 aliphatic carbocycles. The third-order valence-corrected chi connectivity index (χ3v) is 3.69. The minimum absolute atomic E-state index is 0.165. The van der Waals surface area contributed by atoms with Crippen molar-refractivity contribution >= 4 is 0 Å². The predicted octanol–water partition coefficient (Wildman–Crippen LogP) is 0.681. The molecule has 6 nitrogen and oxygen atoms in total. The van der Waals surface area contributed by atoms with Crippen molar-refractivity contribution in [3.05, 3.63) is 35.4 Å². The molecule has 3 heterocycles. The number of hydrogen-bond donors (Lipinski definition) is 2. The van der Waals surface area contributed by atoms with Crippen LogP contribution in [0, 0.1) is 6.92 Å². The van der Waals surface area contributed by atoms with Gasteiger partial charge in [0.1, 0.15) is 0 Å². The van der Waals surface area contributed by atoms with E-state index in [1.807, 2.05) is 23.9 Å². The number of aromatic amines is 1. The van der Waals surface area contributed by atoms with Crippen LogP contribution in [0.1, 0.15) is 23.5 Å². The highest BCUT2D eigenvalue weighted by Gasteiger charge is 2.24. The van der Waals surface area contributed by atoms with E-state index in [4.69, 9.17) is 0 Å². The van der Waals surface area contributed by atoms with Gasteiger partial charge in [-0.2, -0.15) is 10.2 Å². The lowest BCUT2D eigenvalue weighted by molar-refractivity contribution is 0.106. The van der Waals surface area contributed by atoms with E-state index in [2.05, 4.69) is 26.3 Å². The van der Waals surface area contributed by atoms with Crippen LogP contribution in [0.5, 0.6) is 0 Å². The minimum atomic E-state index is 0.165. The van der Waals surface area contributed by atoms with Crippen LogP contribution in [0.2, 0.25) is 0 Å². The molecule has 0 saturated carbocycles. The zero-order valence-electron chi connectivity index (χ0n) is 11.1. The SMILES string of the molecule is Cc1cc(CN2Cc3ccnn3CC[C@H]2CO)n[nH]1. The Morgan fingerprint density at radius 3 is 3.16 bits per heavy atom. The van der Waals surface area contributed by atoms with Gasteiger partial charge in [-0.15, -0.1) is 0 Å². The van der Waals surface area contributed by atoms with Gasteiger partial charge in [0.2, 0.25) is 0 Å². The molecular weight excluding hydrogens is 242 g/mol. The third kappa shape index (κ3) is 2.54. The van der Waals surface area contributed by atoms with Gasteiger partial charge in [0, 0.05) is 37.6 Å². The number of fused-ring (bicyclic) bond motifs is 1. The van der Waals surface area contributed by atoms with E-state index in [-0.39, 0.29) is 12.6 Å². The van der Waals surface area contributed by atoms with Crippen molar-refractivity contribution in [3.63, 3.8) is 0 Å². The fraction of sp³-hybridized carbons (Fsp3) is 0.538. The fourth-order valence-corrected chi connectivity index (χ4v) is 2.64. The average molecular weight is 261 g/mol. The van der Waals surface area contributed by atoms with E-state index >= 15 is 0 Å². The normalized spacial score (nSPS) is 20.2. The predicted molar refractivity (Wildman–Crippen MR) is 70.3 cm³/mol. The van der Waals surface area contributed by atoms with E-state index in [0.717, 1.165) is 37.4 Å². The van der Waals surface area contributed by atoms with E-state index < -0.39 is 0 Å². The number of rotatable bonds is 3. The van der Waals surface area contributed by atoms with Crippen molar-refractivity contribution in [2.75, 3.05) is 6.61 Å². The second kappa shape index (κ2) is 5.14. The fourth-order valence-electron chi connectivity index (χ4n) is 2.64. The smallest absolute Gasteiger partial charge is 0.0765 e.